The second kappa shape index (κ2) is 8.62. The first kappa shape index (κ1) is 19.5. The number of benzene rings is 2. The zero-order valence-electron chi connectivity index (χ0n) is 16.6. The van der Waals surface area contributed by atoms with Gasteiger partial charge in [0, 0.05) is 11.8 Å². The standard InChI is InChI=1S/C22H27BN2OS/c1-4-17-15(10-11-23)6-5-7-18(17)21-13-25-22(27-21)16-8-9-20(19(24)12-16)26-14(2)3/h5-9,12-14H,4,10-11,23-24H2,1-3H3. The van der Waals surface area contributed by atoms with Crippen LogP contribution in [0.3, 0.4) is 0 Å². The van der Waals surface area contributed by atoms with Crippen LogP contribution in [0.25, 0.3) is 21.0 Å². The molecular weight excluding hydrogens is 351 g/mol. The van der Waals surface area contributed by atoms with Crippen molar-refractivity contribution < 1.29 is 4.74 Å². The van der Waals surface area contributed by atoms with Crippen LogP contribution in [0.1, 0.15) is 31.9 Å². The van der Waals surface area contributed by atoms with Crippen molar-refractivity contribution in [2.45, 2.75) is 46.0 Å². The van der Waals surface area contributed by atoms with Crippen LogP contribution < -0.4 is 10.5 Å². The van der Waals surface area contributed by atoms with Crippen molar-refractivity contribution in [1.29, 1.82) is 0 Å². The van der Waals surface area contributed by atoms with E-state index in [-0.39, 0.29) is 6.10 Å². The Kier molecular flexibility index (Phi) is 6.22. The van der Waals surface area contributed by atoms with E-state index in [1.165, 1.54) is 21.6 Å². The molecule has 0 aliphatic rings. The van der Waals surface area contributed by atoms with E-state index in [4.69, 9.17) is 10.5 Å². The van der Waals surface area contributed by atoms with Gasteiger partial charge < -0.3 is 10.5 Å². The van der Waals surface area contributed by atoms with Crippen molar-refractivity contribution >= 4 is 24.9 Å². The van der Waals surface area contributed by atoms with Crippen molar-refractivity contribution in [3.8, 4) is 26.8 Å². The third kappa shape index (κ3) is 4.36. The number of nitrogen functional groups attached to an aromatic ring is 1. The van der Waals surface area contributed by atoms with Gasteiger partial charge in [-0.3, -0.25) is 0 Å². The van der Waals surface area contributed by atoms with Crippen LogP contribution >= 0.6 is 11.3 Å². The van der Waals surface area contributed by atoms with E-state index < -0.39 is 0 Å². The van der Waals surface area contributed by atoms with Crippen molar-refractivity contribution in [2.24, 2.45) is 0 Å². The highest BCUT2D eigenvalue weighted by Gasteiger charge is 2.13. The highest BCUT2D eigenvalue weighted by atomic mass is 32.1. The molecule has 27 heavy (non-hydrogen) atoms. The minimum atomic E-state index is 0.104. The van der Waals surface area contributed by atoms with Gasteiger partial charge in [0.05, 0.1) is 16.7 Å². The third-order valence-electron chi connectivity index (χ3n) is 4.54. The Morgan fingerprint density at radius 2 is 2.04 bits per heavy atom. The molecule has 0 bridgehead atoms. The number of rotatable bonds is 7. The molecule has 0 saturated carbocycles. The maximum absolute atomic E-state index is 6.18. The SMILES string of the molecule is BCCc1cccc(-c2cnc(-c3ccc(OC(C)C)c(N)c3)s2)c1CC. The molecule has 0 aliphatic carbocycles. The normalized spacial score (nSPS) is 11.1. The number of nitrogens with two attached hydrogens (primary N) is 1. The molecule has 1 heterocycles. The Balaban J connectivity index is 1.94. The van der Waals surface area contributed by atoms with E-state index >= 15 is 0 Å². The Morgan fingerprint density at radius 1 is 1.22 bits per heavy atom. The molecule has 3 nitrogen and oxygen atoms in total. The first-order valence-corrected chi connectivity index (χ1v) is 10.5. The van der Waals surface area contributed by atoms with E-state index in [1.54, 1.807) is 11.3 Å². The number of aryl methyl sites for hydroxylation is 1. The fourth-order valence-corrected chi connectivity index (χ4v) is 4.33. The van der Waals surface area contributed by atoms with Gasteiger partial charge in [-0.15, -0.1) is 11.3 Å². The van der Waals surface area contributed by atoms with Gasteiger partial charge in [-0.25, -0.2) is 4.98 Å². The smallest absolute Gasteiger partial charge is 0.142 e. The van der Waals surface area contributed by atoms with Crippen molar-refractivity contribution in [2.75, 3.05) is 5.73 Å². The van der Waals surface area contributed by atoms with Crippen LogP contribution in [-0.2, 0) is 12.8 Å². The summed E-state index contributed by atoms with van der Waals surface area (Å²) < 4.78 is 5.73. The summed E-state index contributed by atoms with van der Waals surface area (Å²) in [7, 11) is 2.23. The van der Waals surface area contributed by atoms with Crippen LogP contribution in [0, 0.1) is 0 Å². The minimum Gasteiger partial charge on any atom is -0.489 e. The maximum atomic E-state index is 6.18. The third-order valence-corrected chi connectivity index (χ3v) is 5.62. The summed E-state index contributed by atoms with van der Waals surface area (Å²) in [5.41, 5.74) is 12.1. The maximum Gasteiger partial charge on any atom is 0.142 e. The summed E-state index contributed by atoms with van der Waals surface area (Å²) in [5, 5.41) is 0.982. The Bertz CT molecular complexity index is 920. The highest BCUT2D eigenvalue weighted by molar-refractivity contribution is 7.18. The lowest BCUT2D eigenvalue weighted by molar-refractivity contribution is 0.244. The van der Waals surface area contributed by atoms with Gasteiger partial charge in [-0.2, -0.15) is 0 Å². The monoisotopic (exact) mass is 378 g/mol. The number of anilines is 1. The van der Waals surface area contributed by atoms with Gasteiger partial charge >= 0.3 is 0 Å². The molecule has 0 spiro atoms. The predicted molar refractivity (Wildman–Crippen MR) is 120 cm³/mol. The molecule has 2 N–H and O–H groups in total. The lowest BCUT2D eigenvalue weighted by atomic mass is 9.91. The van der Waals surface area contributed by atoms with Gasteiger partial charge in [-0.05, 0) is 61.6 Å². The quantitative estimate of drug-likeness (QED) is 0.465. The Labute approximate surface area is 167 Å². The van der Waals surface area contributed by atoms with Crippen LogP contribution in [-0.4, -0.2) is 18.9 Å². The van der Waals surface area contributed by atoms with E-state index in [9.17, 15) is 0 Å². The summed E-state index contributed by atoms with van der Waals surface area (Å²) in [6, 6.07) is 12.5. The van der Waals surface area contributed by atoms with Crippen LogP contribution in [0.2, 0.25) is 6.32 Å². The lowest BCUT2D eigenvalue weighted by Crippen LogP contribution is -2.07. The Hall–Kier alpha value is -2.27. The average molecular weight is 378 g/mol. The molecule has 0 amide bonds. The summed E-state index contributed by atoms with van der Waals surface area (Å²) in [5.74, 6) is 0.728. The number of hydrogen-bond donors (Lipinski definition) is 1. The molecule has 2 aromatic carbocycles. The molecule has 0 fully saturated rings. The van der Waals surface area contributed by atoms with Crippen molar-refractivity contribution in [3.63, 3.8) is 0 Å². The molecule has 5 heteroatoms. The van der Waals surface area contributed by atoms with Gasteiger partial charge in [0.2, 0.25) is 0 Å². The topological polar surface area (TPSA) is 48.1 Å². The predicted octanol–water partition coefficient (Wildman–Crippen LogP) is 5.00. The van der Waals surface area contributed by atoms with Crippen LogP contribution in [0.4, 0.5) is 5.69 Å². The molecule has 140 valence electrons. The first-order chi connectivity index (χ1) is 13.0. The second-order valence-corrected chi connectivity index (χ2v) is 8.03. The average Bonchev–Trinajstić information content (AvgIpc) is 3.13. The molecule has 1 aromatic heterocycles. The lowest BCUT2D eigenvalue weighted by Gasteiger charge is -2.12. The zero-order chi connectivity index (χ0) is 19.4. The summed E-state index contributed by atoms with van der Waals surface area (Å²) in [6.45, 7) is 6.23. The highest BCUT2D eigenvalue weighted by Crippen LogP contribution is 2.37. The van der Waals surface area contributed by atoms with Crippen molar-refractivity contribution in [3.05, 3.63) is 53.7 Å². The molecule has 3 rings (SSSR count). The van der Waals surface area contributed by atoms with E-state index in [2.05, 4.69) is 38.0 Å². The van der Waals surface area contributed by atoms with Gasteiger partial charge in [0.1, 0.15) is 18.6 Å². The largest absolute Gasteiger partial charge is 0.489 e. The fraction of sp³-hybridized carbons (Fsp3) is 0.318. The molecule has 3 aromatic rings. The van der Waals surface area contributed by atoms with E-state index in [0.29, 0.717) is 5.69 Å². The zero-order valence-corrected chi connectivity index (χ0v) is 17.4. The first-order valence-electron chi connectivity index (χ1n) is 9.67. The Morgan fingerprint density at radius 3 is 2.70 bits per heavy atom. The summed E-state index contributed by atoms with van der Waals surface area (Å²) in [6.07, 6.45) is 5.41. The minimum absolute atomic E-state index is 0.104. The fourth-order valence-electron chi connectivity index (χ4n) is 3.36. The number of ether oxygens (including phenoxy) is 1. The molecular formula is C22H27BN2OS. The van der Waals surface area contributed by atoms with Crippen molar-refractivity contribution in [1.82, 2.24) is 4.98 Å². The van der Waals surface area contributed by atoms with Crippen LogP contribution in [0.15, 0.2) is 42.6 Å². The molecule has 0 aliphatic heterocycles. The molecule has 0 saturated heterocycles. The number of nitrogens with zero attached hydrogens (tertiary/aromatic N) is 1. The van der Waals surface area contributed by atoms with Crippen LogP contribution in [0.5, 0.6) is 5.75 Å². The summed E-state index contributed by atoms with van der Waals surface area (Å²) >= 11 is 1.72. The van der Waals surface area contributed by atoms with E-state index in [0.717, 1.165) is 35.5 Å². The second-order valence-electron chi connectivity index (χ2n) is 7.00. The number of hydrogen-bond acceptors (Lipinski definition) is 4. The van der Waals surface area contributed by atoms with Gasteiger partial charge in [0.15, 0.2) is 0 Å². The molecule has 0 atom stereocenters. The van der Waals surface area contributed by atoms with Gasteiger partial charge in [-0.1, -0.05) is 31.4 Å². The van der Waals surface area contributed by atoms with E-state index in [1.807, 2.05) is 38.2 Å². The number of thiazole rings is 1. The number of aromatic nitrogens is 1. The summed E-state index contributed by atoms with van der Waals surface area (Å²) in [4.78, 5) is 5.88. The van der Waals surface area contributed by atoms with Gasteiger partial charge in [0.25, 0.3) is 0 Å². The molecule has 0 radical (unpaired) electrons. The molecule has 0 unspecified atom stereocenters.